The van der Waals surface area contributed by atoms with Crippen molar-refractivity contribution in [1.29, 1.82) is 0 Å². The SMILES string of the molecule is CCOCCOCCOC.CCOCCOCCOC. The molecule has 0 aromatic carbocycles. The number of hydrogen-bond acceptors (Lipinski definition) is 6. The van der Waals surface area contributed by atoms with E-state index in [1.165, 1.54) is 0 Å². The fourth-order valence-corrected chi connectivity index (χ4v) is 1.01. The number of ether oxygens (including phenoxy) is 6. The van der Waals surface area contributed by atoms with Crippen LogP contribution in [0.25, 0.3) is 0 Å². The van der Waals surface area contributed by atoms with Gasteiger partial charge in [0.05, 0.1) is 52.9 Å². The quantitative estimate of drug-likeness (QED) is 0.451. The molecule has 0 aliphatic rings. The van der Waals surface area contributed by atoms with Crippen molar-refractivity contribution >= 4 is 0 Å². The van der Waals surface area contributed by atoms with Gasteiger partial charge < -0.3 is 28.4 Å². The van der Waals surface area contributed by atoms with Gasteiger partial charge in [-0.3, -0.25) is 0 Å². The molecule has 0 radical (unpaired) electrons. The number of methoxy groups -OCH3 is 2. The van der Waals surface area contributed by atoms with E-state index in [2.05, 4.69) is 0 Å². The Bertz CT molecular complexity index is 114. The molecule has 0 N–H and O–H groups in total. The highest BCUT2D eigenvalue weighted by Crippen LogP contribution is 1.78. The Balaban J connectivity index is 0. The van der Waals surface area contributed by atoms with Crippen LogP contribution in [0.5, 0.6) is 0 Å². The van der Waals surface area contributed by atoms with Crippen molar-refractivity contribution in [3.63, 3.8) is 0 Å². The molecule has 0 amide bonds. The lowest BCUT2D eigenvalue weighted by molar-refractivity contribution is 0.0280. The minimum atomic E-state index is 0.656. The monoisotopic (exact) mass is 296 g/mol. The number of hydrogen-bond donors (Lipinski definition) is 0. The molecular formula is C14H32O6. The van der Waals surface area contributed by atoms with Crippen molar-refractivity contribution in [2.45, 2.75) is 13.8 Å². The lowest BCUT2D eigenvalue weighted by Gasteiger charge is -2.02. The highest BCUT2D eigenvalue weighted by Gasteiger charge is 1.86. The van der Waals surface area contributed by atoms with Crippen molar-refractivity contribution in [2.75, 3.05) is 80.3 Å². The first-order chi connectivity index (χ1) is 9.83. The minimum absolute atomic E-state index is 0.656. The summed E-state index contributed by atoms with van der Waals surface area (Å²) in [6, 6.07) is 0. The molecule has 0 heterocycles. The zero-order valence-electron chi connectivity index (χ0n) is 13.5. The van der Waals surface area contributed by atoms with Crippen LogP contribution in [-0.2, 0) is 28.4 Å². The van der Waals surface area contributed by atoms with Crippen LogP contribution in [0, 0.1) is 0 Å². The smallest absolute Gasteiger partial charge is 0.0701 e. The third-order valence-electron chi connectivity index (χ3n) is 2.02. The summed E-state index contributed by atoms with van der Waals surface area (Å²) in [5.41, 5.74) is 0. The average Bonchev–Trinajstić information content (AvgIpc) is 2.47. The van der Waals surface area contributed by atoms with Crippen LogP contribution >= 0.6 is 0 Å². The molecule has 0 rings (SSSR count). The van der Waals surface area contributed by atoms with Gasteiger partial charge in [0.15, 0.2) is 0 Å². The first kappa shape index (κ1) is 22.0. The predicted molar refractivity (Wildman–Crippen MR) is 78.4 cm³/mol. The van der Waals surface area contributed by atoms with Crippen LogP contribution in [0.15, 0.2) is 0 Å². The van der Waals surface area contributed by atoms with Gasteiger partial charge in [-0.2, -0.15) is 0 Å². The molecule has 0 aromatic rings. The third kappa shape index (κ3) is 26.3. The molecule has 0 fully saturated rings. The van der Waals surface area contributed by atoms with Gasteiger partial charge in [0.25, 0.3) is 0 Å². The van der Waals surface area contributed by atoms with Crippen molar-refractivity contribution in [2.24, 2.45) is 0 Å². The summed E-state index contributed by atoms with van der Waals surface area (Å²) < 4.78 is 29.9. The van der Waals surface area contributed by atoms with Crippen LogP contribution in [0.4, 0.5) is 0 Å². The Labute approximate surface area is 123 Å². The molecule has 6 heteroatoms. The summed E-state index contributed by atoms with van der Waals surface area (Å²) in [6.07, 6.45) is 0. The second-order valence-electron chi connectivity index (χ2n) is 3.60. The van der Waals surface area contributed by atoms with E-state index in [0.29, 0.717) is 52.9 Å². The molecule has 0 spiro atoms. The summed E-state index contributed by atoms with van der Waals surface area (Å²) in [6.45, 7) is 10.8. The lowest BCUT2D eigenvalue weighted by Crippen LogP contribution is -2.07. The normalized spacial score (nSPS) is 10.2. The van der Waals surface area contributed by atoms with Gasteiger partial charge >= 0.3 is 0 Å². The fourth-order valence-electron chi connectivity index (χ4n) is 1.01. The Morgan fingerprint density at radius 2 is 0.750 bits per heavy atom. The van der Waals surface area contributed by atoms with Crippen molar-refractivity contribution in [1.82, 2.24) is 0 Å². The highest BCUT2D eigenvalue weighted by atomic mass is 16.5. The summed E-state index contributed by atoms with van der Waals surface area (Å²) in [5, 5.41) is 0. The van der Waals surface area contributed by atoms with Crippen LogP contribution < -0.4 is 0 Å². The Morgan fingerprint density at radius 1 is 0.450 bits per heavy atom. The van der Waals surface area contributed by atoms with Gasteiger partial charge in [0.2, 0.25) is 0 Å². The summed E-state index contributed by atoms with van der Waals surface area (Å²) in [4.78, 5) is 0. The maximum atomic E-state index is 5.13. The molecular weight excluding hydrogens is 264 g/mol. The van der Waals surface area contributed by atoms with E-state index in [-0.39, 0.29) is 0 Å². The lowest BCUT2D eigenvalue weighted by atomic mass is 10.7. The first-order valence-electron chi connectivity index (χ1n) is 7.12. The molecule has 6 nitrogen and oxygen atoms in total. The second-order valence-corrected chi connectivity index (χ2v) is 3.60. The van der Waals surface area contributed by atoms with Crippen molar-refractivity contribution in [3.8, 4) is 0 Å². The van der Waals surface area contributed by atoms with Gasteiger partial charge in [-0.1, -0.05) is 0 Å². The second kappa shape index (κ2) is 23.8. The third-order valence-corrected chi connectivity index (χ3v) is 2.02. The van der Waals surface area contributed by atoms with E-state index < -0.39 is 0 Å². The first-order valence-corrected chi connectivity index (χ1v) is 7.12. The number of rotatable bonds is 14. The molecule has 0 aromatic heterocycles. The summed E-state index contributed by atoms with van der Waals surface area (Å²) in [5.74, 6) is 0. The van der Waals surface area contributed by atoms with Gasteiger partial charge in [-0.15, -0.1) is 0 Å². The van der Waals surface area contributed by atoms with Crippen molar-refractivity contribution < 1.29 is 28.4 Å². The largest absolute Gasteiger partial charge is 0.382 e. The van der Waals surface area contributed by atoms with Crippen molar-refractivity contribution in [3.05, 3.63) is 0 Å². The van der Waals surface area contributed by atoms with E-state index in [4.69, 9.17) is 28.4 Å². The van der Waals surface area contributed by atoms with E-state index in [1.807, 2.05) is 13.8 Å². The molecule has 0 aliphatic heterocycles. The van der Waals surface area contributed by atoms with E-state index >= 15 is 0 Å². The minimum Gasteiger partial charge on any atom is -0.382 e. The molecule has 20 heavy (non-hydrogen) atoms. The van der Waals surface area contributed by atoms with Gasteiger partial charge in [-0.25, -0.2) is 0 Å². The van der Waals surface area contributed by atoms with Crippen LogP contribution in [0.2, 0.25) is 0 Å². The van der Waals surface area contributed by atoms with Crippen LogP contribution in [0.3, 0.4) is 0 Å². The van der Waals surface area contributed by atoms with Crippen LogP contribution in [0.1, 0.15) is 13.8 Å². The molecule has 0 bridgehead atoms. The zero-order valence-corrected chi connectivity index (χ0v) is 13.5. The maximum absolute atomic E-state index is 5.13. The molecule has 0 saturated heterocycles. The maximum Gasteiger partial charge on any atom is 0.0701 e. The van der Waals surface area contributed by atoms with Gasteiger partial charge in [0.1, 0.15) is 0 Å². The Morgan fingerprint density at radius 3 is 1.05 bits per heavy atom. The van der Waals surface area contributed by atoms with E-state index in [1.54, 1.807) is 14.2 Å². The molecule has 0 atom stereocenters. The zero-order chi connectivity index (χ0) is 15.3. The van der Waals surface area contributed by atoms with Gasteiger partial charge in [0, 0.05) is 27.4 Å². The summed E-state index contributed by atoms with van der Waals surface area (Å²) >= 11 is 0. The Hall–Kier alpha value is -0.240. The topological polar surface area (TPSA) is 55.4 Å². The van der Waals surface area contributed by atoms with Crippen LogP contribution in [-0.4, -0.2) is 80.3 Å². The molecule has 0 aliphatic carbocycles. The standard InChI is InChI=1S/2C7H16O3/c2*1-3-9-6-7-10-5-4-8-2/h2*3-7H2,1-2H3. The summed E-state index contributed by atoms with van der Waals surface area (Å²) in [7, 11) is 3.32. The molecule has 0 saturated carbocycles. The molecule has 0 unspecified atom stereocenters. The average molecular weight is 296 g/mol. The Kier molecular flexibility index (Phi) is 26.3. The predicted octanol–water partition coefficient (Wildman–Crippen LogP) is 1.37. The highest BCUT2D eigenvalue weighted by molar-refractivity contribution is 4.30. The van der Waals surface area contributed by atoms with Gasteiger partial charge in [-0.05, 0) is 13.8 Å². The molecule has 124 valence electrons. The van der Waals surface area contributed by atoms with E-state index in [0.717, 1.165) is 13.2 Å². The fraction of sp³-hybridized carbons (Fsp3) is 1.00. The van der Waals surface area contributed by atoms with E-state index in [9.17, 15) is 0 Å².